The number of carbonyl (C=O) groups is 1. The maximum absolute atomic E-state index is 12.2. The fraction of sp³-hybridized carbons (Fsp3) is 0.364. The molecule has 8 nitrogen and oxygen atoms in total. The van der Waals surface area contributed by atoms with Crippen LogP contribution in [-0.4, -0.2) is 33.6 Å². The van der Waals surface area contributed by atoms with Gasteiger partial charge < -0.3 is 5.32 Å². The number of aryl methyl sites for hydroxylation is 1. The lowest BCUT2D eigenvalue weighted by atomic mass is 10.2. The van der Waals surface area contributed by atoms with Gasteiger partial charge in [0.15, 0.2) is 0 Å². The van der Waals surface area contributed by atoms with Crippen molar-refractivity contribution >= 4 is 15.9 Å². The first-order chi connectivity index (χ1) is 9.44. The fourth-order valence-electron chi connectivity index (χ4n) is 1.79. The van der Waals surface area contributed by atoms with E-state index in [1.807, 2.05) is 6.92 Å². The molecule has 0 radical (unpaired) electrons. The minimum atomic E-state index is -3.71. The second-order valence-corrected chi connectivity index (χ2v) is 6.13. The molecule has 1 aliphatic rings. The van der Waals surface area contributed by atoms with Gasteiger partial charge in [-0.25, -0.2) is 19.3 Å². The smallest absolute Gasteiger partial charge is 0.242 e. The molecule has 20 heavy (non-hydrogen) atoms. The van der Waals surface area contributed by atoms with Crippen LogP contribution in [0.25, 0.3) is 0 Å². The van der Waals surface area contributed by atoms with E-state index in [-0.39, 0.29) is 10.8 Å². The third-order valence-corrected chi connectivity index (χ3v) is 4.39. The number of carbonyl (C=O) groups excluding carboxylic acids is 1. The lowest BCUT2D eigenvalue weighted by Gasteiger charge is -2.18. The SMILES string of the molecule is CNC(=O)C1NNNC1NS(=O)(=O)c1ccc(C)cc1. The molecular weight excluding hydrogens is 282 g/mol. The molecule has 1 fully saturated rings. The van der Waals surface area contributed by atoms with Crippen LogP contribution in [0.1, 0.15) is 5.56 Å². The van der Waals surface area contributed by atoms with Crippen LogP contribution in [0.5, 0.6) is 0 Å². The van der Waals surface area contributed by atoms with E-state index in [4.69, 9.17) is 0 Å². The predicted octanol–water partition coefficient (Wildman–Crippen LogP) is -1.67. The maximum Gasteiger partial charge on any atom is 0.242 e. The third kappa shape index (κ3) is 3.14. The van der Waals surface area contributed by atoms with E-state index in [2.05, 4.69) is 26.4 Å². The number of likely N-dealkylation sites (N-methyl/N-ethyl adjacent to an activating group) is 1. The van der Waals surface area contributed by atoms with Gasteiger partial charge in [0, 0.05) is 7.05 Å². The maximum atomic E-state index is 12.2. The molecule has 110 valence electrons. The molecular formula is C11H17N5O3S. The fourth-order valence-corrected chi connectivity index (χ4v) is 2.95. The number of hydrazine groups is 2. The molecule has 9 heteroatoms. The van der Waals surface area contributed by atoms with Gasteiger partial charge in [0.25, 0.3) is 0 Å². The van der Waals surface area contributed by atoms with Crippen molar-refractivity contribution < 1.29 is 13.2 Å². The first-order valence-electron chi connectivity index (χ1n) is 6.01. The van der Waals surface area contributed by atoms with E-state index >= 15 is 0 Å². The Morgan fingerprint density at radius 2 is 1.85 bits per heavy atom. The molecule has 1 aromatic carbocycles. The zero-order valence-electron chi connectivity index (χ0n) is 11.1. The Bertz CT molecular complexity index is 587. The molecule has 0 saturated carbocycles. The zero-order chi connectivity index (χ0) is 14.8. The van der Waals surface area contributed by atoms with Gasteiger partial charge in [-0.3, -0.25) is 4.79 Å². The van der Waals surface area contributed by atoms with Crippen LogP contribution >= 0.6 is 0 Å². The summed E-state index contributed by atoms with van der Waals surface area (Å²) in [6, 6.07) is 5.71. The normalized spacial score (nSPS) is 22.7. The first kappa shape index (κ1) is 14.9. The largest absolute Gasteiger partial charge is 0.358 e. The quantitative estimate of drug-likeness (QED) is 0.454. The number of sulfonamides is 1. The van der Waals surface area contributed by atoms with Crippen LogP contribution in [0.4, 0.5) is 0 Å². The van der Waals surface area contributed by atoms with Crippen molar-refractivity contribution in [1.29, 1.82) is 0 Å². The highest BCUT2D eigenvalue weighted by Crippen LogP contribution is 2.11. The highest BCUT2D eigenvalue weighted by atomic mass is 32.2. The van der Waals surface area contributed by atoms with Gasteiger partial charge in [0.2, 0.25) is 15.9 Å². The Balaban J connectivity index is 2.15. The number of hydrogen-bond acceptors (Lipinski definition) is 6. The van der Waals surface area contributed by atoms with Crippen molar-refractivity contribution in [2.75, 3.05) is 7.05 Å². The second-order valence-electron chi connectivity index (χ2n) is 4.42. The number of benzene rings is 1. The van der Waals surface area contributed by atoms with Gasteiger partial charge in [0.1, 0.15) is 12.2 Å². The monoisotopic (exact) mass is 299 g/mol. The summed E-state index contributed by atoms with van der Waals surface area (Å²) >= 11 is 0. The Morgan fingerprint density at radius 1 is 1.20 bits per heavy atom. The lowest BCUT2D eigenvalue weighted by Crippen LogP contribution is -2.54. The average molecular weight is 299 g/mol. The Hall–Kier alpha value is -1.52. The van der Waals surface area contributed by atoms with E-state index < -0.39 is 22.2 Å². The Kier molecular flexibility index (Phi) is 4.35. The minimum Gasteiger partial charge on any atom is -0.358 e. The van der Waals surface area contributed by atoms with E-state index in [0.717, 1.165) is 5.56 Å². The summed E-state index contributed by atoms with van der Waals surface area (Å²) in [5.41, 5.74) is 8.79. The molecule has 0 spiro atoms. The summed E-state index contributed by atoms with van der Waals surface area (Å²) in [5, 5.41) is 2.45. The standard InChI is InChI=1S/C11H17N5O3S/c1-7-3-5-8(6-4-7)20(18,19)15-10-9(11(17)12-2)13-16-14-10/h3-6,9-10,13-16H,1-2H3,(H,12,17). The number of hydrogen-bond donors (Lipinski definition) is 5. The minimum absolute atomic E-state index is 0.146. The lowest BCUT2D eigenvalue weighted by molar-refractivity contribution is -0.122. The van der Waals surface area contributed by atoms with Crippen LogP contribution < -0.4 is 26.4 Å². The summed E-state index contributed by atoms with van der Waals surface area (Å²) in [6.45, 7) is 1.87. The predicted molar refractivity (Wildman–Crippen MR) is 72.6 cm³/mol. The molecule has 1 heterocycles. The molecule has 2 unspecified atom stereocenters. The van der Waals surface area contributed by atoms with Crippen molar-refractivity contribution in [3.05, 3.63) is 29.8 Å². The topological polar surface area (TPSA) is 111 Å². The zero-order valence-corrected chi connectivity index (χ0v) is 11.9. The van der Waals surface area contributed by atoms with Gasteiger partial charge in [-0.05, 0) is 19.1 Å². The van der Waals surface area contributed by atoms with Gasteiger partial charge in [-0.15, -0.1) is 0 Å². The molecule has 2 atom stereocenters. The van der Waals surface area contributed by atoms with Crippen molar-refractivity contribution in [2.45, 2.75) is 24.0 Å². The van der Waals surface area contributed by atoms with Gasteiger partial charge >= 0.3 is 0 Å². The van der Waals surface area contributed by atoms with Gasteiger partial charge in [-0.2, -0.15) is 10.3 Å². The summed E-state index contributed by atoms with van der Waals surface area (Å²) in [4.78, 5) is 11.7. The molecule has 0 aromatic heterocycles. The van der Waals surface area contributed by atoms with E-state index in [1.165, 1.54) is 19.2 Å². The average Bonchev–Trinajstić information content (AvgIpc) is 2.85. The van der Waals surface area contributed by atoms with Crippen molar-refractivity contribution in [2.24, 2.45) is 0 Å². The van der Waals surface area contributed by atoms with Gasteiger partial charge in [-0.1, -0.05) is 17.7 Å². The molecule has 5 N–H and O–H groups in total. The molecule has 2 rings (SSSR count). The van der Waals surface area contributed by atoms with Crippen LogP contribution in [0.3, 0.4) is 0 Å². The number of amides is 1. The second kappa shape index (κ2) is 5.85. The summed E-state index contributed by atoms with van der Waals surface area (Å²) in [6.07, 6.45) is -0.791. The van der Waals surface area contributed by atoms with E-state index in [1.54, 1.807) is 12.1 Å². The molecule has 1 aliphatic heterocycles. The van der Waals surface area contributed by atoms with Gasteiger partial charge in [0.05, 0.1) is 4.90 Å². The van der Waals surface area contributed by atoms with Crippen LogP contribution in [0, 0.1) is 6.92 Å². The summed E-state index contributed by atoms with van der Waals surface area (Å²) in [7, 11) is -2.23. The first-order valence-corrected chi connectivity index (χ1v) is 7.49. The molecule has 0 aliphatic carbocycles. The highest BCUT2D eigenvalue weighted by Gasteiger charge is 2.35. The van der Waals surface area contributed by atoms with E-state index in [0.29, 0.717) is 0 Å². The van der Waals surface area contributed by atoms with E-state index in [9.17, 15) is 13.2 Å². The van der Waals surface area contributed by atoms with Crippen molar-refractivity contribution in [3.63, 3.8) is 0 Å². The molecule has 1 amide bonds. The highest BCUT2D eigenvalue weighted by molar-refractivity contribution is 7.89. The third-order valence-electron chi connectivity index (χ3n) is 2.93. The molecule has 1 aromatic rings. The number of nitrogens with one attached hydrogen (secondary N) is 5. The molecule has 1 saturated heterocycles. The van der Waals surface area contributed by atoms with Crippen molar-refractivity contribution in [1.82, 2.24) is 26.4 Å². The van der Waals surface area contributed by atoms with Crippen LogP contribution in [-0.2, 0) is 14.8 Å². The van der Waals surface area contributed by atoms with Crippen LogP contribution in [0.2, 0.25) is 0 Å². The van der Waals surface area contributed by atoms with Crippen molar-refractivity contribution in [3.8, 4) is 0 Å². The molecule has 0 bridgehead atoms. The van der Waals surface area contributed by atoms with Crippen LogP contribution in [0.15, 0.2) is 29.2 Å². The Labute approximate surface area is 117 Å². The number of rotatable bonds is 4. The summed E-state index contributed by atoms with van der Waals surface area (Å²) < 4.78 is 26.9. The Morgan fingerprint density at radius 3 is 2.45 bits per heavy atom. The summed E-state index contributed by atoms with van der Waals surface area (Å²) in [5.74, 6) is -0.334.